The fourth-order valence-corrected chi connectivity index (χ4v) is 9.64. The van der Waals surface area contributed by atoms with E-state index in [-0.39, 0.29) is 6.17 Å². The van der Waals surface area contributed by atoms with Gasteiger partial charge in [-0.3, -0.25) is 4.57 Å². The highest BCUT2D eigenvalue weighted by Gasteiger charge is 2.27. The van der Waals surface area contributed by atoms with Gasteiger partial charge in [0.1, 0.15) is 17.7 Å². The van der Waals surface area contributed by atoms with E-state index in [0.29, 0.717) is 5.84 Å². The molecule has 0 fully saturated rings. The van der Waals surface area contributed by atoms with Gasteiger partial charge in [-0.05, 0) is 82.2 Å². The van der Waals surface area contributed by atoms with Gasteiger partial charge in [0.25, 0.3) is 0 Å². The third-order valence-electron chi connectivity index (χ3n) is 12.4. The minimum atomic E-state index is -0.316. The molecule has 2 aliphatic rings. The lowest BCUT2D eigenvalue weighted by Crippen LogP contribution is -2.37. The van der Waals surface area contributed by atoms with Gasteiger partial charge in [-0.25, -0.2) is 4.99 Å². The van der Waals surface area contributed by atoms with Gasteiger partial charge in [0.05, 0.1) is 22.1 Å². The van der Waals surface area contributed by atoms with E-state index in [1.165, 1.54) is 32.8 Å². The summed E-state index contributed by atoms with van der Waals surface area (Å²) in [6.45, 7) is 0. The van der Waals surface area contributed by atoms with Crippen LogP contribution in [0.2, 0.25) is 0 Å². The minimum Gasteiger partial charge on any atom is -0.456 e. The van der Waals surface area contributed by atoms with Crippen LogP contribution < -0.4 is 10.1 Å². The maximum Gasteiger partial charge on any atom is 0.211 e. The van der Waals surface area contributed by atoms with Gasteiger partial charge in [0.2, 0.25) is 5.96 Å². The summed E-state index contributed by atoms with van der Waals surface area (Å²) in [6, 6.07) is 70.8. The summed E-state index contributed by atoms with van der Waals surface area (Å²) in [6.07, 6.45) is -0.316. The maximum atomic E-state index is 6.87. The van der Waals surface area contributed by atoms with Crippen molar-refractivity contribution in [3.63, 3.8) is 0 Å². The predicted octanol–water partition coefficient (Wildman–Crippen LogP) is 13.4. The monoisotopic (exact) mass is 781 g/mol. The molecule has 0 spiro atoms. The molecule has 0 aliphatic carbocycles. The Morgan fingerprint density at radius 1 is 0.426 bits per heavy atom. The maximum absolute atomic E-state index is 6.87. The first-order chi connectivity index (χ1) is 30.2. The van der Waals surface area contributed by atoms with E-state index in [4.69, 9.17) is 14.7 Å². The van der Waals surface area contributed by atoms with E-state index in [0.717, 1.165) is 78.2 Å². The Morgan fingerprint density at radius 2 is 1.08 bits per heavy atom. The largest absolute Gasteiger partial charge is 0.456 e. The molecule has 1 atom stereocenters. The van der Waals surface area contributed by atoms with Crippen LogP contribution in [-0.4, -0.2) is 20.9 Å². The van der Waals surface area contributed by atoms with E-state index < -0.39 is 0 Å². The van der Waals surface area contributed by atoms with Crippen molar-refractivity contribution in [3.05, 3.63) is 211 Å². The summed E-state index contributed by atoms with van der Waals surface area (Å²) in [5, 5.41) is 10.8. The van der Waals surface area contributed by atoms with Crippen molar-refractivity contribution in [2.45, 2.75) is 6.17 Å². The van der Waals surface area contributed by atoms with Crippen LogP contribution in [0.4, 0.5) is 0 Å². The van der Waals surface area contributed by atoms with E-state index in [9.17, 15) is 0 Å². The van der Waals surface area contributed by atoms with Crippen molar-refractivity contribution in [3.8, 4) is 39.4 Å². The molecule has 9 aromatic carbocycles. The molecule has 0 bridgehead atoms. The fraction of sp³-hybridized carbons (Fsp3) is 0.0182. The highest BCUT2D eigenvalue weighted by Crippen LogP contribution is 2.51. The van der Waals surface area contributed by atoms with Crippen LogP contribution in [0.1, 0.15) is 17.3 Å². The van der Waals surface area contributed by atoms with Gasteiger partial charge >= 0.3 is 0 Å². The lowest BCUT2D eigenvalue weighted by molar-refractivity contribution is 0.487. The first-order valence-electron chi connectivity index (χ1n) is 20.7. The second kappa shape index (κ2) is 13.1. The zero-order valence-electron chi connectivity index (χ0n) is 32.8. The number of aromatic nitrogens is 2. The molecule has 2 aliphatic heterocycles. The van der Waals surface area contributed by atoms with Crippen molar-refractivity contribution >= 4 is 66.2 Å². The molecule has 11 aromatic rings. The molecule has 2 aromatic heterocycles. The number of amidine groups is 1. The lowest BCUT2D eigenvalue weighted by Gasteiger charge is -2.25. The van der Waals surface area contributed by atoms with Crippen molar-refractivity contribution < 1.29 is 4.74 Å². The van der Waals surface area contributed by atoms with Crippen molar-refractivity contribution in [2.75, 3.05) is 0 Å². The third kappa shape index (κ3) is 5.15. The molecule has 6 heteroatoms. The second-order valence-corrected chi connectivity index (χ2v) is 15.8. The number of aliphatic imine (C=N–C) groups is 2. The van der Waals surface area contributed by atoms with Crippen LogP contribution in [-0.2, 0) is 0 Å². The number of benzene rings is 9. The number of ether oxygens (including phenoxy) is 1. The van der Waals surface area contributed by atoms with Crippen molar-refractivity contribution in [1.82, 2.24) is 14.5 Å². The van der Waals surface area contributed by atoms with Crippen LogP contribution in [0.5, 0.6) is 11.5 Å². The molecule has 61 heavy (non-hydrogen) atoms. The number of nitrogens with one attached hydrogen (secondary N) is 1. The predicted molar refractivity (Wildman–Crippen MR) is 250 cm³/mol. The summed E-state index contributed by atoms with van der Waals surface area (Å²) < 4.78 is 11.5. The molecule has 0 radical (unpaired) electrons. The van der Waals surface area contributed by atoms with Gasteiger partial charge < -0.3 is 14.6 Å². The Bertz CT molecular complexity index is 3640. The average molecular weight is 782 g/mol. The number of rotatable bonds is 4. The zero-order chi connectivity index (χ0) is 40.0. The Hall–Kier alpha value is -8.22. The Morgan fingerprint density at radius 3 is 1.90 bits per heavy atom. The molecule has 0 saturated heterocycles. The summed E-state index contributed by atoms with van der Waals surface area (Å²) in [7, 11) is 0. The molecular weight excluding hydrogens is 747 g/mol. The van der Waals surface area contributed by atoms with E-state index in [1.807, 2.05) is 24.3 Å². The zero-order valence-corrected chi connectivity index (χ0v) is 32.8. The van der Waals surface area contributed by atoms with Crippen LogP contribution in [0.3, 0.4) is 0 Å². The van der Waals surface area contributed by atoms with E-state index in [1.54, 1.807) is 0 Å². The third-order valence-corrected chi connectivity index (χ3v) is 12.4. The smallest absolute Gasteiger partial charge is 0.211 e. The first kappa shape index (κ1) is 33.7. The fourth-order valence-electron chi connectivity index (χ4n) is 9.64. The molecule has 286 valence electrons. The summed E-state index contributed by atoms with van der Waals surface area (Å²) in [5.74, 6) is 3.13. The molecule has 1 N–H and O–H groups in total. The molecule has 0 amide bonds. The minimum absolute atomic E-state index is 0.316. The van der Waals surface area contributed by atoms with E-state index >= 15 is 0 Å². The molecule has 0 saturated carbocycles. The summed E-state index contributed by atoms with van der Waals surface area (Å²) in [4.78, 5) is 10.3. The normalized spacial score (nSPS) is 14.5. The SMILES string of the molecule is c1ccc(C2=NC(c3ccccc3)NC(n3c4ccccc4c4ccc(-c5ccc6c(c5)Oc5cccc7c5c-6cc5c7c6ccccc6n5-c5ccccc5)cc43)=N2)cc1. The molecule has 1 unspecified atom stereocenters. The molecule has 13 rings (SSSR count). The highest BCUT2D eigenvalue weighted by atomic mass is 16.5. The van der Waals surface area contributed by atoms with E-state index in [2.05, 4.69) is 190 Å². The quantitative estimate of drug-likeness (QED) is 0.193. The molecular formula is C55H35N5O. The topological polar surface area (TPSA) is 55.8 Å². The van der Waals surface area contributed by atoms with Gasteiger partial charge in [-0.1, -0.05) is 146 Å². The first-order valence-corrected chi connectivity index (χ1v) is 20.7. The second-order valence-electron chi connectivity index (χ2n) is 15.8. The number of para-hydroxylation sites is 3. The Labute approximate surface area is 351 Å². The highest BCUT2D eigenvalue weighted by molar-refractivity contribution is 6.26. The van der Waals surface area contributed by atoms with Gasteiger partial charge in [0.15, 0.2) is 5.84 Å². The van der Waals surface area contributed by atoms with Crippen LogP contribution in [0.15, 0.2) is 210 Å². The number of hydrogen-bond acceptors (Lipinski definition) is 4. The summed E-state index contributed by atoms with van der Waals surface area (Å²) >= 11 is 0. The van der Waals surface area contributed by atoms with Gasteiger partial charge in [-0.2, -0.15) is 4.99 Å². The summed E-state index contributed by atoms with van der Waals surface area (Å²) in [5.41, 5.74) is 12.1. The van der Waals surface area contributed by atoms with Crippen molar-refractivity contribution in [2.24, 2.45) is 9.98 Å². The van der Waals surface area contributed by atoms with Crippen LogP contribution >= 0.6 is 0 Å². The average Bonchev–Trinajstić information content (AvgIpc) is 3.85. The number of hydrogen-bond donors (Lipinski definition) is 1. The van der Waals surface area contributed by atoms with Gasteiger partial charge in [-0.15, -0.1) is 0 Å². The Balaban J connectivity index is 0.978. The van der Waals surface area contributed by atoms with Crippen LogP contribution in [0, 0.1) is 0 Å². The lowest BCUT2D eigenvalue weighted by atomic mass is 9.90. The molecule has 6 nitrogen and oxygen atoms in total. The van der Waals surface area contributed by atoms with Crippen LogP contribution in [0.25, 0.3) is 82.3 Å². The van der Waals surface area contributed by atoms with Gasteiger partial charge in [0, 0.05) is 43.7 Å². The number of nitrogens with zero attached hydrogens (tertiary/aromatic N) is 4. The Kier molecular flexibility index (Phi) is 7.27. The standard InChI is InChI=1S/C55H35N5O/c1-4-15-34(16-5-1)53-56-54(35-17-6-2-7-18-35)58-55(57-53)60-45-24-12-10-21-39(45)40-29-27-36(31-47(40)60)37-28-30-41-44-33-48-51(43-23-14-26-49(52(43)44)61-50(41)32-37)42-22-11-13-25-46(42)59(48)38-19-8-3-9-20-38/h1-33,53H,(H,56,57,58). The molecule has 4 heterocycles. The van der Waals surface area contributed by atoms with Crippen molar-refractivity contribution in [1.29, 1.82) is 0 Å². The number of fused-ring (bicyclic) bond motifs is 9.